The van der Waals surface area contributed by atoms with Crippen LogP contribution in [0.5, 0.6) is 0 Å². The zero-order chi connectivity index (χ0) is 14.8. The van der Waals surface area contributed by atoms with E-state index in [0.29, 0.717) is 6.07 Å². The van der Waals surface area contributed by atoms with E-state index in [1.54, 1.807) is 0 Å². The van der Waals surface area contributed by atoms with Crippen molar-refractivity contribution >= 4 is 5.97 Å². The van der Waals surface area contributed by atoms with Crippen LogP contribution in [0.4, 0.5) is 22.0 Å². The van der Waals surface area contributed by atoms with Crippen LogP contribution in [0.1, 0.15) is 28.9 Å². The van der Waals surface area contributed by atoms with Gasteiger partial charge < -0.3 is 10.8 Å². The van der Waals surface area contributed by atoms with Gasteiger partial charge in [0.05, 0.1) is 6.42 Å². The Balaban J connectivity index is 3.49. The van der Waals surface area contributed by atoms with Crippen molar-refractivity contribution in [1.82, 2.24) is 4.98 Å². The lowest BCUT2D eigenvalue weighted by Crippen LogP contribution is -2.17. The third kappa shape index (κ3) is 3.60. The molecule has 0 aliphatic carbocycles. The Kier molecular flexibility index (Phi) is 4.40. The minimum atomic E-state index is -4.94. The van der Waals surface area contributed by atoms with Gasteiger partial charge in [0.2, 0.25) is 0 Å². The molecule has 106 valence electrons. The van der Waals surface area contributed by atoms with E-state index < -0.39 is 48.5 Å². The number of hydrogen-bond donors (Lipinski definition) is 2. The van der Waals surface area contributed by atoms with Gasteiger partial charge in [0.25, 0.3) is 6.43 Å². The Hall–Kier alpha value is -1.77. The first kappa shape index (κ1) is 15.3. The molecule has 0 aromatic carbocycles. The van der Waals surface area contributed by atoms with Crippen molar-refractivity contribution in [1.29, 1.82) is 0 Å². The number of alkyl halides is 5. The molecule has 0 saturated carbocycles. The molecule has 1 rings (SSSR count). The topological polar surface area (TPSA) is 76.2 Å². The van der Waals surface area contributed by atoms with Crippen molar-refractivity contribution in [3.63, 3.8) is 0 Å². The van der Waals surface area contributed by atoms with Gasteiger partial charge in [-0.15, -0.1) is 0 Å². The fraction of sp³-hybridized carbons (Fsp3) is 0.400. The third-order valence-corrected chi connectivity index (χ3v) is 2.29. The van der Waals surface area contributed by atoms with E-state index in [1.165, 1.54) is 0 Å². The molecule has 9 heteroatoms. The van der Waals surface area contributed by atoms with Crippen molar-refractivity contribution < 1.29 is 31.9 Å². The molecule has 0 spiro atoms. The zero-order valence-corrected chi connectivity index (χ0v) is 9.34. The summed E-state index contributed by atoms with van der Waals surface area (Å²) in [5.41, 5.74) is 1.71. The number of pyridine rings is 1. The third-order valence-electron chi connectivity index (χ3n) is 2.29. The molecule has 0 saturated heterocycles. The number of carbonyl (C=O) groups is 1. The molecule has 1 aromatic heterocycles. The normalized spacial score (nSPS) is 11.9. The average Bonchev–Trinajstić information content (AvgIpc) is 2.25. The summed E-state index contributed by atoms with van der Waals surface area (Å²) in [4.78, 5) is 13.4. The van der Waals surface area contributed by atoms with Crippen molar-refractivity contribution in [2.45, 2.75) is 25.6 Å². The minimum absolute atomic E-state index is 0.370. The van der Waals surface area contributed by atoms with Gasteiger partial charge in [-0.25, -0.2) is 13.8 Å². The Morgan fingerprint density at radius 1 is 1.42 bits per heavy atom. The highest BCUT2D eigenvalue weighted by molar-refractivity contribution is 5.71. The molecule has 4 nitrogen and oxygen atoms in total. The fourth-order valence-electron chi connectivity index (χ4n) is 1.53. The van der Waals surface area contributed by atoms with E-state index >= 15 is 0 Å². The largest absolute Gasteiger partial charge is 0.481 e. The number of nitrogens with two attached hydrogens (primary N) is 1. The van der Waals surface area contributed by atoms with Crippen LogP contribution in [0.25, 0.3) is 0 Å². The quantitative estimate of drug-likeness (QED) is 0.830. The van der Waals surface area contributed by atoms with Gasteiger partial charge in [-0.1, -0.05) is 0 Å². The second-order valence-corrected chi connectivity index (χ2v) is 3.60. The molecule has 19 heavy (non-hydrogen) atoms. The average molecular weight is 284 g/mol. The Bertz CT molecular complexity index is 488. The molecular formula is C10H9F5N2O2. The van der Waals surface area contributed by atoms with Crippen LogP contribution in [0.3, 0.4) is 0 Å². The first-order valence-electron chi connectivity index (χ1n) is 4.96. The number of carboxylic acid groups (broad SMARTS) is 1. The van der Waals surface area contributed by atoms with Gasteiger partial charge >= 0.3 is 12.1 Å². The van der Waals surface area contributed by atoms with Crippen molar-refractivity contribution in [3.8, 4) is 0 Å². The van der Waals surface area contributed by atoms with Crippen molar-refractivity contribution in [2.24, 2.45) is 5.73 Å². The summed E-state index contributed by atoms with van der Waals surface area (Å²) in [5, 5.41) is 8.58. The summed E-state index contributed by atoms with van der Waals surface area (Å²) < 4.78 is 62.8. The SMILES string of the molecule is NCc1c(CC(=O)O)cc(C(F)(F)F)nc1C(F)F. The number of aromatic nitrogens is 1. The Morgan fingerprint density at radius 2 is 2.00 bits per heavy atom. The molecule has 0 radical (unpaired) electrons. The number of hydrogen-bond acceptors (Lipinski definition) is 3. The highest BCUT2D eigenvalue weighted by atomic mass is 19.4. The van der Waals surface area contributed by atoms with Gasteiger partial charge in [-0.05, 0) is 17.2 Å². The number of carboxylic acids is 1. The maximum absolute atomic E-state index is 12.7. The predicted molar refractivity (Wildman–Crippen MR) is 53.4 cm³/mol. The van der Waals surface area contributed by atoms with Crippen LogP contribution in [0.2, 0.25) is 0 Å². The summed E-state index contributed by atoms with van der Waals surface area (Å²) in [6.45, 7) is -0.520. The molecule has 0 amide bonds. The Labute approximate surface area is 104 Å². The molecule has 0 bridgehead atoms. The van der Waals surface area contributed by atoms with E-state index in [9.17, 15) is 26.7 Å². The van der Waals surface area contributed by atoms with Crippen LogP contribution in [0.15, 0.2) is 6.07 Å². The van der Waals surface area contributed by atoms with Gasteiger partial charge in [0.15, 0.2) is 0 Å². The molecule has 1 heterocycles. The molecule has 0 aliphatic heterocycles. The number of nitrogens with zero attached hydrogens (tertiary/aromatic N) is 1. The predicted octanol–water partition coefficient (Wildman–Crippen LogP) is 2.12. The molecule has 3 N–H and O–H groups in total. The van der Waals surface area contributed by atoms with Gasteiger partial charge in [0.1, 0.15) is 11.4 Å². The standard InChI is InChI=1S/C10H9F5N2O2/c11-9(12)8-5(3-16)4(2-7(18)19)1-6(17-8)10(13,14)15/h1,9H,2-3,16H2,(H,18,19). The van der Waals surface area contributed by atoms with E-state index in [2.05, 4.69) is 4.98 Å². The van der Waals surface area contributed by atoms with E-state index in [-0.39, 0.29) is 5.56 Å². The summed E-state index contributed by atoms with van der Waals surface area (Å²) in [7, 11) is 0. The highest BCUT2D eigenvalue weighted by Crippen LogP contribution is 2.32. The van der Waals surface area contributed by atoms with E-state index in [1.807, 2.05) is 0 Å². The first-order chi connectivity index (χ1) is 8.66. The number of rotatable bonds is 4. The summed E-state index contributed by atoms with van der Waals surface area (Å²) in [5.74, 6) is -1.45. The smallest absolute Gasteiger partial charge is 0.433 e. The lowest BCUT2D eigenvalue weighted by atomic mass is 10.0. The monoisotopic (exact) mass is 284 g/mol. The van der Waals surface area contributed by atoms with Crippen LogP contribution >= 0.6 is 0 Å². The van der Waals surface area contributed by atoms with Crippen LogP contribution in [-0.4, -0.2) is 16.1 Å². The van der Waals surface area contributed by atoms with Crippen molar-refractivity contribution in [2.75, 3.05) is 0 Å². The maximum atomic E-state index is 12.7. The van der Waals surface area contributed by atoms with E-state index in [4.69, 9.17) is 10.8 Å². The van der Waals surface area contributed by atoms with Gasteiger partial charge in [-0.3, -0.25) is 4.79 Å². The minimum Gasteiger partial charge on any atom is -0.481 e. The lowest BCUT2D eigenvalue weighted by Gasteiger charge is -2.15. The van der Waals surface area contributed by atoms with Crippen LogP contribution in [-0.2, 0) is 23.9 Å². The fourth-order valence-corrected chi connectivity index (χ4v) is 1.53. The molecule has 0 atom stereocenters. The summed E-state index contributed by atoms with van der Waals surface area (Å²) >= 11 is 0. The molecular weight excluding hydrogens is 275 g/mol. The van der Waals surface area contributed by atoms with Gasteiger partial charge in [-0.2, -0.15) is 13.2 Å². The number of aliphatic carboxylic acids is 1. The first-order valence-corrected chi connectivity index (χ1v) is 4.96. The Morgan fingerprint density at radius 3 is 2.37 bits per heavy atom. The molecule has 0 aliphatic rings. The van der Waals surface area contributed by atoms with Crippen LogP contribution in [0, 0.1) is 0 Å². The zero-order valence-electron chi connectivity index (χ0n) is 9.34. The molecule has 1 aromatic rings. The van der Waals surface area contributed by atoms with Gasteiger partial charge in [0, 0.05) is 6.54 Å². The maximum Gasteiger partial charge on any atom is 0.433 e. The van der Waals surface area contributed by atoms with Crippen LogP contribution < -0.4 is 5.73 Å². The summed E-state index contributed by atoms with van der Waals surface area (Å²) in [6, 6.07) is 0.433. The van der Waals surface area contributed by atoms with Crippen molar-refractivity contribution in [3.05, 3.63) is 28.6 Å². The second-order valence-electron chi connectivity index (χ2n) is 3.60. The van der Waals surface area contributed by atoms with E-state index in [0.717, 1.165) is 0 Å². The second kappa shape index (κ2) is 5.47. The summed E-state index contributed by atoms with van der Waals surface area (Å²) in [6.07, 6.45) is -9.05. The molecule has 0 unspecified atom stereocenters. The lowest BCUT2D eigenvalue weighted by molar-refractivity contribution is -0.142. The number of halogens is 5. The molecule has 0 fully saturated rings. The highest BCUT2D eigenvalue weighted by Gasteiger charge is 2.35.